The molecule has 7 heteroatoms. The van der Waals surface area contributed by atoms with Crippen molar-refractivity contribution in [2.24, 2.45) is 5.92 Å². The monoisotopic (exact) mass is 459 g/mol. The molecule has 1 atom stereocenters. The number of nitrogens with zero attached hydrogens (tertiary/aromatic N) is 2. The van der Waals surface area contributed by atoms with Gasteiger partial charge in [-0.25, -0.2) is 0 Å². The molecule has 29 heavy (non-hydrogen) atoms. The van der Waals surface area contributed by atoms with E-state index in [0.717, 1.165) is 60.6 Å². The van der Waals surface area contributed by atoms with E-state index in [0.29, 0.717) is 18.9 Å². The highest BCUT2D eigenvalue weighted by Gasteiger charge is 2.26. The van der Waals surface area contributed by atoms with E-state index in [4.69, 9.17) is 9.47 Å². The maximum absolute atomic E-state index is 12.1. The summed E-state index contributed by atoms with van der Waals surface area (Å²) in [5.41, 5.74) is 0.947. The summed E-state index contributed by atoms with van der Waals surface area (Å²) < 4.78 is 13.0. The second-order valence-corrected chi connectivity index (χ2v) is 8.64. The Balaban J connectivity index is 1.17. The molecular formula is C22H26BrN3O3. The highest BCUT2D eigenvalue weighted by molar-refractivity contribution is 9.10. The second kappa shape index (κ2) is 9.59. The lowest BCUT2D eigenvalue weighted by molar-refractivity contribution is -0.120. The van der Waals surface area contributed by atoms with Gasteiger partial charge in [0, 0.05) is 30.0 Å². The normalized spacial score (nSPS) is 19.7. The number of ether oxygens (including phenoxy) is 2. The Labute approximate surface area is 179 Å². The molecular weight excluding hydrogens is 434 g/mol. The van der Waals surface area contributed by atoms with Gasteiger partial charge in [0.1, 0.15) is 12.7 Å². The maximum atomic E-state index is 12.1. The molecule has 1 aromatic carbocycles. The number of fused-ring (bicyclic) bond motifs is 1. The summed E-state index contributed by atoms with van der Waals surface area (Å²) in [5, 5.41) is 3.08. The SMILES string of the molecule is O=C(Cc1cccnc1)NCC1CCN(CC2COc3ccc(Br)cc3O2)CC1. The number of rotatable bonds is 6. The van der Waals surface area contributed by atoms with Crippen molar-refractivity contribution in [1.82, 2.24) is 15.2 Å². The number of amides is 1. The number of benzene rings is 1. The summed E-state index contributed by atoms with van der Waals surface area (Å²) in [6.07, 6.45) is 6.08. The maximum Gasteiger partial charge on any atom is 0.224 e. The third-order valence-corrected chi connectivity index (χ3v) is 5.96. The number of nitrogens with one attached hydrogen (secondary N) is 1. The van der Waals surface area contributed by atoms with Gasteiger partial charge in [-0.2, -0.15) is 0 Å². The van der Waals surface area contributed by atoms with Crippen molar-refractivity contribution in [3.05, 3.63) is 52.8 Å². The Morgan fingerprint density at radius 3 is 2.90 bits per heavy atom. The first-order valence-electron chi connectivity index (χ1n) is 10.1. The first-order chi connectivity index (χ1) is 14.2. The molecule has 3 heterocycles. The predicted octanol–water partition coefficient (Wildman–Crippen LogP) is 3.05. The molecule has 1 fully saturated rings. The first kappa shape index (κ1) is 20.2. The van der Waals surface area contributed by atoms with Crippen molar-refractivity contribution in [1.29, 1.82) is 0 Å². The number of hydrogen-bond acceptors (Lipinski definition) is 5. The lowest BCUT2D eigenvalue weighted by atomic mass is 9.96. The Kier molecular flexibility index (Phi) is 6.67. The summed E-state index contributed by atoms with van der Waals surface area (Å²) in [5.74, 6) is 2.22. The van der Waals surface area contributed by atoms with Crippen LogP contribution in [0, 0.1) is 5.92 Å². The topological polar surface area (TPSA) is 63.7 Å². The van der Waals surface area contributed by atoms with Crippen LogP contribution >= 0.6 is 15.9 Å². The van der Waals surface area contributed by atoms with Crippen LogP contribution in [0.2, 0.25) is 0 Å². The zero-order valence-electron chi connectivity index (χ0n) is 16.4. The van der Waals surface area contributed by atoms with Crippen LogP contribution in [0.15, 0.2) is 47.2 Å². The second-order valence-electron chi connectivity index (χ2n) is 7.73. The fourth-order valence-electron chi connectivity index (χ4n) is 3.85. The first-order valence-corrected chi connectivity index (χ1v) is 10.9. The molecule has 0 bridgehead atoms. The molecule has 1 N–H and O–H groups in total. The zero-order chi connectivity index (χ0) is 20.1. The number of carbonyl (C=O) groups is 1. The Hall–Kier alpha value is -2.12. The van der Waals surface area contributed by atoms with Crippen molar-refractivity contribution in [3.63, 3.8) is 0 Å². The molecule has 1 saturated heterocycles. The summed E-state index contributed by atoms with van der Waals surface area (Å²) in [7, 11) is 0. The van der Waals surface area contributed by atoms with Gasteiger partial charge in [-0.15, -0.1) is 0 Å². The summed E-state index contributed by atoms with van der Waals surface area (Å²) in [6, 6.07) is 9.64. The summed E-state index contributed by atoms with van der Waals surface area (Å²) >= 11 is 3.48. The van der Waals surface area contributed by atoms with Gasteiger partial charge < -0.3 is 14.8 Å². The highest BCUT2D eigenvalue weighted by Crippen LogP contribution is 2.34. The minimum absolute atomic E-state index is 0.0486. The van der Waals surface area contributed by atoms with Gasteiger partial charge in [-0.3, -0.25) is 14.7 Å². The van der Waals surface area contributed by atoms with Crippen molar-refractivity contribution in [3.8, 4) is 11.5 Å². The van der Waals surface area contributed by atoms with Crippen LogP contribution in [0.25, 0.3) is 0 Å². The van der Waals surface area contributed by atoms with Gasteiger partial charge in [0.2, 0.25) is 5.91 Å². The van der Waals surface area contributed by atoms with Crippen LogP contribution in [-0.4, -0.2) is 54.7 Å². The Morgan fingerprint density at radius 1 is 1.24 bits per heavy atom. The fourth-order valence-corrected chi connectivity index (χ4v) is 4.19. The number of pyridine rings is 1. The molecule has 2 aliphatic heterocycles. The number of likely N-dealkylation sites (tertiary alicyclic amines) is 1. The van der Waals surface area contributed by atoms with E-state index in [9.17, 15) is 4.79 Å². The third kappa shape index (κ3) is 5.70. The van der Waals surface area contributed by atoms with Crippen LogP contribution in [0.3, 0.4) is 0 Å². The van der Waals surface area contributed by atoms with Crippen molar-refractivity contribution in [2.75, 3.05) is 32.8 Å². The van der Waals surface area contributed by atoms with Crippen LogP contribution < -0.4 is 14.8 Å². The number of piperidine rings is 1. The van der Waals surface area contributed by atoms with Gasteiger partial charge in [-0.05, 0) is 61.7 Å². The van der Waals surface area contributed by atoms with Crippen LogP contribution in [-0.2, 0) is 11.2 Å². The molecule has 154 valence electrons. The highest BCUT2D eigenvalue weighted by atomic mass is 79.9. The van der Waals surface area contributed by atoms with E-state index in [-0.39, 0.29) is 12.0 Å². The number of aromatic nitrogens is 1. The molecule has 6 nitrogen and oxygen atoms in total. The molecule has 1 amide bonds. The summed E-state index contributed by atoms with van der Waals surface area (Å²) in [4.78, 5) is 18.6. The van der Waals surface area contributed by atoms with Crippen molar-refractivity contribution < 1.29 is 14.3 Å². The minimum Gasteiger partial charge on any atom is -0.486 e. The third-order valence-electron chi connectivity index (χ3n) is 5.47. The Morgan fingerprint density at radius 2 is 2.10 bits per heavy atom. The average molecular weight is 460 g/mol. The molecule has 2 aromatic rings. The van der Waals surface area contributed by atoms with Crippen LogP contribution in [0.5, 0.6) is 11.5 Å². The average Bonchev–Trinajstić information content (AvgIpc) is 2.74. The van der Waals surface area contributed by atoms with E-state index in [1.807, 2.05) is 30.3 Å². The van der Waals surface area contributed by atoms with E-state index < -0.39 is 0 Å². The van der Waals surface area contributed by atoms with Crippen molar-refractivity contribution >= 4 is 21.8 Å². The Bertz CT molecular complexity index is 825. The zero-order valence-corrected chi connectivity index (χ0v) is 17.9. The number of hydrogen-bond donors (Lipinski definition) is 1. The largest absolute Gasteiger partial charge is 0.486 e. The fraction of sp³-hybridized carbons (Fsp3) is 0.455. The molecule has 4 rings (SSSR count). The predicted molar refractivity (Wildman–Crippen MR) is 114 cm³/mol. The molecule has 1 aromatic heterocycles. The molecule has 0 spiro atoms. The van der Waals surface area contributed by atoms with Crippen molar-refractivity contribution in [2.45, 2.75) is 25.4 Å². The molecule has 0 radical (unpaired) electrons. The minimum atomic E-state index is 0.0486. The number of halogens is 1. The van der Waals surface area contributed by atoms with Gasteiger partial charge >= 0.3 is 0 Å². The van der Waals surface area contributed by atoms with E-state index in [1.165, 1.54) is 0 Å². The van der Waals surface area contributed by atoms with Crippen LogP contribution in [0.4, 0.5) is 0 Å². The standard InChI is InChI=1S/C22H26BrN3O3/c23-18-3-4-20-21(11-18)29-19(15-28-20)14-26-8-5-16(6-9-26)13-25-22(27)10-17-2-1-7-24-12-17/h1-4,7,11-12,16,19H,5-6,8-10,13-15H2,(H,25,27). The molecule has 1 unspecified atom stereocenters. The smallest absolute Gasteiger partial charge is 0.224 e. The lowest BCUT2D eigenvalue weighted by Gasteiger charge is -2.35. The molecule has 0 aliphatic carbocycles. The molecule has 2 aliphatic rings. The quantitative estimate of drug-likeness (QED) is 0.718. The van der Waals surface area contributed by atoms with E-state index in [2.05, 4.69) is 31.1 Å². The molecule has 0 saturated carbocycles. The van der Waals surface area contributed by atoms with Crippen LogP contribution in [0.1, 0.15) is 18.4 Å². The lowest BCUT2D eigenvalue weighted by Crippen LogP contribution is -2.45. The van der Waals surface area contributed by atoms with Gasteiger partial charge in [0.25, 0.3) is 0 Å². The van der Waals surface area contributed by atoms with Gasteiger partial charge in [0.15, 0.2) is 11.5 Å². The van der Waals surface area contributed by atoms with Gasteiger partial charge in [-0.1, -0.05) is 22.0 Å². The van der Waals surface area contributed by atoms with E-state index >= 15 is 0 Å². The van der Waals surface area contributed by atoms with E-state index in [1.54, 1.807) is 12.4 Å². The van der Waals surface area contributed by atoms with Gasteiger partial charge in [0.05, 0.1) is 6.42 Å². The number of carbonyl (C=O) groups excluding carboxylic acids is 1. The summed E-state index contributed by atoms with van der Waals surface area (Å²) in [6.45, 7) is 4.24.